The maximum Gasteiger partial charge on any atom is 0.246 e. The lowest BCUT2D eigenvalue weighted by Gasteiger charge is -2.04. The number of fused-ring (bicyclic) bond motifs is 1. The van der Waals surface area contributed by atoms with Crippen LogP contribution in [0.4, 0.5) is 5.13 Å². The summed E-state index contributed by atoms with van der Waals surface area (Å²) < 4.78 is 55.0. The summed E-state index contributed by atoms with van der Waals surface area (Å²) in [6.07, 6.45) is 2.19. The fourth-order valence-corrected chi connectivity index (χ4v) is 5.85. The topological polar surface area (TPSA) is 139 Å². The third kappa shape index (κ3) is 4.48. The predicted molar refractivity (Wildman–Crippen MR) is 110 cm³/mol. The Balaban J connectivity index is 1.87. The molecular weight excluding hydrogens is 438 g/mol. The summed E-state index contributed by atoms with van der Waals surface area (Å²) in [6.45, 7) is 1.66. The molecule has 1 aromatic carbocycles. The molecule has 10 nitrogen and oxygen atoms in total. The van der Waals surface area contributed by atoms with Crippen LogP contribution in [0.3, 0.4) is 0 Å². The molecule has 3 rings (SSSR count). The number of anilines is 1. The van der Waals surface area contributed by atoms with Crippen LogP contribution in [-0.4, -0.2) is 46.4 Å². The van der Waals surface area contributed by atoms with Crippen molar-refractivity contribution < 1.29 is 21.6 Å². The molecule has 0 saturated carbocycles. The number of benzene rings is 1. The van der Waals surface area contributed by atoms with E-state index in [1.807, 2.05) is 25.1 Å². The molecule has 2 heterocycles. The van der Waals surface area contributed by atoms with E-state index in [4.69, 9.17) is 0 Å². The Labute approximate surface area is 172 Å². The molecule has 0 aliphatic heterocycles. The summed E-state index contributed by atoms with van der Waals surface area (Å²) in [6, 6.07) is 5.73. The number of sulfonamides is 2. The standard InChI is InChI=1S/C16H19N5O5S3/c1-10-4-5-11-12(6-10)27-16(19-11)20-15(22)9-21-7-13(28(23,24)17-2)14(8-21)29(25,26)18-3/h4-8,17-18H,9H2,1-3H3,(H,19,20,22). The lowest BCUT2D eigenvalue weighted by atomic mass is 10.2. The smallest absolute Gasteiger partial charge is 0.246 e. The number of aryl methyl sites for hydroxylation is 1. The minimum atomic E-state index is -4.05. The van der Waals surface area contributed by atoms with E-state index in [-0.39, 0.29) is 6.54 Å². The summed E-state index contributed by atoms with van der Waals surface area (Å²) in [5, 5.41) is 3.05. The second-order valence-electron chi connectivity index (χ2n) is 6.11. The molecule has 2 aromatic heterocycles. The molecule has 3 aromatic rings. The number of thiazole rings is 1. The highest BCUT2D eigenvalue weighted by atomic mass is 32.2. The van der Waals surface area contributed by atoms with Gasteiger partial charge in [-0.05, 0) is 38.7 Å². The van der Waals surface area contributed by atoms with E-state index in [2.05, 4.69) is 19.7 Å². The average molecular weight is 458 g/mol. The van der Waals surface area contributed by atoms with E-state index in [0.29, 0.717) is 5.13 Å². The number of nitrogens with zero attached hydrogens (tertiary/aromatic N) is 2. The van der Waals surface area contributed by atoms with E-state index in [1.165, 1.54) is 30.0 Å². The Kier molecular flexibility index (Phi) is 5.78. The number of rotatable bonds is 7. The number of carbonyl (C=O) groups excluding carboxylic acids is 1. The number of hydrogen-bond donors (Lipinski definition) is 3. The highest BCUT2D eigenvalue weighted by Crippen LogP contribution is 2.27. The number of aromatic nitrogens is 2. The first kappa shape index (κ1) is 21.4. The van der Waals surface area contributed by atoms with Crippen LogP contribution in [-0.2, 0) is 31.4 Å². The molecule has 0 aliphatic rings. The molecule has 0 radical (unpaired) electrons. The van der Waals surface area contributed by atoms with Crippen LogP contribution < -0.4 is 14.8 Å². The van der Waals surface area contributed by atoms with Gasteiger partial charge in [0.25, 0.3) is 0 Å². The van der Waals surface area contributed by atoms with Crippen molar-refractivity contribution in [3.8, 4) is 0 Å². The van der Waals surface area contributed by atoms with Gasteiger partial charge in [0, 0.05) is 12.4 Å². The molecule has 29 heavy (non-hydrogen) atoms. The highest BCUT2D eigenvalue weighted by molar-refractivity contribution is 7.92. The molecule has 0 spiro atoms. The SMILES string of the molecule is CNS(=O)(=O)c1cn(CC(=O)Nc2nc3ccc(C)cc3s2)cc1S(=O)(=O)NC. The molecular formula is C16H19N5O5S3. The van der Waals surface area contributed by atoms with Crippen LogP contribution in [0.25, 0.3) is 10.2 Å². The second-order valence-corrected chi connectivity index (χ2v) is 10.9. The summed E-state index contributed by atoms with van der Waals surface area (Å²) >= 11 is 1.31. The van der Waals surface area contributed by atoms with Gasteiger partial charge >= 0.3 is 0 Å². The summed E-state index contributed by atoms with van der Waals surface area (Å²) in [7, 11) is -5.76. The highest BCUT2D eigenvalue weighted by Gasteiger charge is 2.27. The number of carbonyl (C=O) groups is 1. The molecule has 0 aliphatic carbocycles. The van der Waals surface area contributed by atoms with Gasteiger partial charge in [-0.3, -0.25) is 4.79 Å². The van der Waals surface area contributed by atoms with Gasteiger partial charge in [0.2, 0.25) is 26.0 Å². The molecule has 0 atom stereocenters. The predicted octanol–water partition coefficient (Wildman–Crippen LogP) is 0.861. The molecule has 3 N–H and O–H groups in total. The average Bonchev–Trinajstić information content (AvgIpc) is 3.25. The largest absolute Gasteiger partial charge is 0.342 e. The van der Waals surface area contributed by atoms with Gasteiger partial charge in [0.05, 0.1) is 10.2 Å². The van der Waals surface area contributed by atoms with E-state index in [1.54, 1.807) is 0 Å². The first-order valence-electron chi connectivity index (χ1n) is 8.29. The molecule has 0 fully saturated rings. The first-order chi connectivity index (χ1) is 13.6. The van der Waals surface area contributed by atoms with Crippen LogP contribution in [0.2, 0.25) is 0 Å². The summed E-state index contributed by atoms with van der Waals surface area (Å²) in [5.41, 5.74) is 1.82. The van der Waals surface area contributed by atoms with E-state index < -0.39 is 35.7 Å². The monoisotopic (exact) mass is 457 g/mol. The first-order valence-corrected chi connectivity index (χ1v) is 12.1. The van der Waals surface area contributed by atoms with Crippen molar-refractivity contribution in [3.63, 3.8) is 0 Å². The van der Waals surface area contributed by atoms with E-state index in [9.17, 15) is 21.6 Å². The van der Waals surface area contributed by atoms with Crippen molar-refractivity contribution in [2.75, 3.05) is 19.4 Å². The maximum atomic E-state index is 12.4. The van der Waals surface area contributed by atoms with Crippen LogP contribution in [0.1, 0.15) is 5.56 Å². The van der Waals surface area contributed by atoms with E-state index >= 15 is 0 Å². The minimum Gasteiger partial charge on any atom is -0.342 e. The summed E-state index contributed by atoms with van der Waals surface area (Å²) in [5.74, 6) is -0.474. The van der Waals surface area contributed by atoms with Gasteiger partial charge in [-0.25, -0.2) is 31.3 Å². The van der Waals surface area contributed by atoms with Gasteiger partial charge in [-0.1, -0.05) is 17.4 Å². The Morgan fingerprint density at radius 2 is 1.66 bits per heavy atom. The minimum absolute atomic E-state index is 0.291. The lowest BCUT2D eigenvalue weighted by Crippen LogP contribution is -2.24. The van der Waals surface area contributed by atoms with Gasteiger partial charge in [0.15, 0.2) is 5.13 Å². The number of amides is 1. The van der Waals surface area contributed by atoms with Crippen molar-refractivity contribution >= 4 is 52.6 Å². The normalized spacial score (nSPS) is 12.4. The van der Waals surface area contributed by atoms with Crippen LogP contribution >= 0.6 is 11.3 Å². The van der Waals surface area contributed by atoms with Crippen molar-refractivity contribution in [1.82, 2.24) is 19.0 Å². The zero-order valence-electron chi connectivity index (χ0n) is 15.8. The van der Waals surface area contributed by atoms with Crippen molar-refractivity contribution in [3.05, 3.63) is 36.2 Å². The Hall–Kier alpha value is -2.32. The summed E-state index contributed by atoms with van der Waals surface area (Å²) in [4.78, 5) is 15.8. The Bertz CT molecular complexity index is 1240. The fraction of sp³-hybridized carbons (Fsp3) is 0.250. The quantitative estimate of drug-likeness (QED) is 0.481. The molecule has 1 amide bonds. The Morgan fingerprint density at radius 3 is 2.21 bits per heavy atom. The van der Waals surface area contributed by atoms with Crippen molar-refractivity contribution in [2.45, 2.75) is 23.3 Å². The molecule has 0 saturated heterocycles. The maximum absolute atomic E-state index is 12.4. The molecule has 0 unspecified atom stereocenters. The van der Waals surface area contributed by atoms with Crippen LogP contribution in [0, 0.1) is 6.92 Å². The van der Waals surface area contributed by atoms with Crippen LogP contribution in [0.15, 0.2) is 40.4 Å². The zero-order valence-corrected chi connectivity index (χ0v) is 18.2. The fourth-order valence-electron chi connectivity index (χ4n) is 2.59. The molecule has 13 heteroatoms. The Morgan fingerprint density at radius 1 is 1.07 bits per heavy atom. The van der Waals surface area contributed by atoms with Gasteiger partial charge in [-0.15, -0.1) is 0 Å². The van der Waals surface area contributed by atoms with Crippen LogP contribution in [0.5, 0.6) is 0 Å². The van der Waals surface area contributed by atoms with Crippen molar-refractivity contribution in [1.29, 1.82) is 0 Å². The third-order valence-electron chi connectivity index (χ3n) is 4.04. The zero-order chi connectivity index (χ0) is 21.4. The third-order valence-corrected chi connectivity index (χ3v) is 7.99. The van der Waals surface area contributed by atoms with Gasteiger partial charge in [0.1, 0.15) is 16.3 Å². The van der Waals surface area contributed by atoms with E-state index in [0.717, 1.165) is 28.2 Å². The second kappa shape index (κ2) is 7.84. The lowest BCUT2D eigenvalue weighted by molar-refractivity contribution is -0.116. The number of hydrogen-bond acceptors (Lipinski definition) is 7. The van der Waals surface area contributed by atoms with Gasteiger partial charge < -0.3 is 9.88 Å². The number of nitrogens with one attached hydrogen (secondary N) is 3. The molecule has 0 bridgehead atoms. The van der Waals surface area contributed by atoms with Gasteiger partial charge in [-0.2, -0.15) is 0 Å². The van der Waals surface area contributed by atoms with Crippen molar-refractivity contribution in [2.24, 2.45) is 0 Å². The molecule has 156 valence electrons.